The van der Waals surface area contributed by atoms with Gasteiger partial charge in [0.15, 0.2) is 5.16 Å². The zero-order valence-electron chi connectivity index (χ0n) is 25.2. The third-order valence-corrected chi connectivity index (χ3v) is 8.56. The second-order valence-electron chi connectivity index (χ2n) is 13.0. The summed E-state index contributed by atoms with van der Waals surface area (Å²) in [5.74, 6) is 1.31. The summed E-state index contributed by atoms with van der Waals surface area (Å²) in [6.07, 6.45) is 7.17. The van der Waals surface area contributed by atoms with E-state index >= 15 is 0 Å². The predicted octanol–water partition coefficient (Wildman–Crippen LogP) is 4.44. The Hall–Kier alpha value is -1.85. The number of thioether (sulfide) groups is 1. The Balaban J connectivity index is 1.44. The lowest BCUT2D eigenvalue weighted by atomic mass is 9.81. The van der Waals surface area contributed by atoms with E-state index in [2.05, 4.69) is 15.3 Å². The number of piperidine rings is 1. The number of rotatable bonds is 9. The maximum Gasteiger partial charge on any atom is 0.498 e. The minimum absolute atomic E-state index is 0.0228. The van der Waals surface area contributed by atoms with Crippen LogP contribution in [0.5, 0.6) is 0 Å². The van der Waals surface area contributed by atoms with E-state index in [1.54, 1.807) is 24.2 Å². The molecule has 11 heteroatoms. The van der Waals surface area contributed by atoms with Gasteiger partial charge in [-0.25, -0.2) is 14.8 Å². The highest BCUT2D eigenvalue weighted by atomic mass is 32.2. The molecule has 218 valence electrons. The standard InChI is InChI=1S/C28H47BN4O5S/c1-19(2)22(32-25(35)36-26(3,4)5)23(34)33-14-10-12-20(18-33)13-11-15-39-24-30-16-21(17-31-24)29-37-27(6,7)28(8,9)38-29/h16-17,19-20,22H,10-15,18H2,1-9H3,(H,32,35)/t20-,22+/m0/s1. The van der Waals surface area contributed by atoms with Crippen molar-refractivity contribution in [3.05, 3.63) is 12.4 Å². The molecule has 0 aliphatic carbocycles. The Bertz CT molecular complexity index is 967. The van der Waals surface area contributed by atoms with Gasteiger partial charge >= 0.3 is 13.2 Å². The largest absolute Gasteiger partial charge is 0.498 e. The van der Waals surface area contributed by atoms with E-state index in [9.17, 15) is 9.59 Å². The van der Waals surface area contributed by atoms with Crippen molar-refractivity contribution in [2.45, 2.75) is 116 Å². The van der Waals surface area contributed by atoms with E-state index in [1.165, 1.54) is 0 Å². The number of nitrogens with one attached hydrogen (secondary N) is 1. The zero-order chi connectivity index (χ0) is 29.0. The lowest BCUT2D eigenvalue weighted by molar-refractivity contribution is -0.136. The number of likely N-dealkylation sites (tertiary alicyclic amines) is 1. The monoisotopic (exact) mass is 562 g/mol. The number of carbonyl (C=O) groups is 2. The van der Waals surface area contributed by atoms with Crippen molar-refractivity contribution in [2.24, 2.45) is 11.8 Å². The Kier molecular flexibility index (Phi) is 10.4. The summed E-state index contributed by atoms with van der Waals surface area (Å²) >= 11 is 1.64. The molecule has 9 nitrogen and oxygen atoms in total. The van der Waals surface area contributed by atoms with Gasteiger partial charge in [0.05, 0.1) is 11.2 Å². The third-order valence-electron chi connectivity index (χ3n) is 7.60. The van der Waals surface area contributed by atoms with Crippen molar-refractivity contribution in [1.29, 1.82) is 0 Å². The maximum atomic E-state index is 13.3. The molecule has 2 amide bonds. The second-order valence-corrected chi connectivity index (χ2v) is 14.1. The van der Waals surface area contributed by atoms with Gasteiger partial charge in [0.2, 0.25) is 5.91 Å². The highest BCUT2D eigenvalue weighted by molar-refractivity contribution is 7.99. The summed E-state index contributed by atoms with van der Waals surface area (Å²) < 4.78 is 17.5. The van der Waals surface area contributed by atoms with Crippen molar-refractivity contribution in [3.8, 4) is 0 Å². The first kappa shape index (κ1) is 31.7. The fourth-order valence-electron chi connectivity index (χ4n) is 4.68. The average molecular weight is 563 g/mol. The average Bonchev–Trinajstić information content (AvgIpc) is 3.06. The van der Waals surface area contributed by atoms with Gasteiger partial charge in [-0.2, -0.15) is 0 Å². The molecule has 0 radical (unpaired) electrons. The van der Waals surface area contributed by atoms with Gasteiger partial charge < -0.3 is 24.3 Å². The SMILES string of the molecule is CC(C)[C@@H](NC(=O)OC(C)(C)C)C(=O)N1CCC[C@@H](CCCSc2ncc(B3OC(C)(C)C(C)(C)O3)cn2)C1. The van der Waals surface area contributed by atoms with Crippen LogP contribution in [0.3, 0.4) is 0 Å². The van der Waals surface area contributed by atoms with Gasteiger partial charge in [-0.3, -0.25) is 4.79 Å². The maximum absolute atomic E-state index is 13.3. The highest BCUT2D eigenvalue weighted by Gasteiger charge is 2.52. The Labute approximate surface area is 239 Å². The van der Waals surface area contributed by atoms with E-state index in [1.807, 2.05) is 67.2 Å². The molecular weight excluding hydrogens is 515 g/mol. The van der Waals surface area contributed by atoms with Crippen LogP contribution in [-0.4, -0.2) is 75.7 Å². The minimum atomic E-state index is -0.608. The topological polar surface area (TPSA) is 103 Å². The van der Waals surface area contributed by atoms with Gasteiger partial charge in [0.1, 0.15) is 11.6 Å². The van der Waals surface area contributed by atoms with Crippen LogP contribution in [0, 0.1) is 11.8 Å². The number of nitrogens with zero attached hydrogens (tertiary/aromatic N) is 3. The predicted molar refractivity (Wildman–Crippen MR) is 155 cm³/mol. The molecule has 0 saturated carbocycles. The molecule has 39 heavy (non-hydrogen) atoms. The normalized spacial score (nSPS) is 21.6. The third kappa shape index (κ3) is 8.82. The summed E-state index contributed by atoms with van der Waals surface area (Å²) in [6, 6.07) is -0.591. The first-order chi connectivity index (χ1) is 18.1. The molecule has 2 atom stereocenters. The molecule has 2 saturated heterocycles. The fourth-order valence-corrected chi connectivity index (χ4v) is 5.43. The molecule has 1 N–H and O–H groups in total. The van der Waals surface area contributed by atoms with Crippen LogP contribution < -0.4 is 10.8 Å². The number of hydrogen-bond donors (Lipinski definition) is 1. The Morgan fingerprint density at radius 3 is 2.36 bits per heavy atom. The summed E-state index contributed by atoms with van der Waals surface area (Å²) in [6.45, 7) is 18.9. The van der Waals surface area contributed by atoms with Gasteiger partial charge in [0, 0.05) is 36.7 Å². The zero-order valence-corrected chi connectivity index (χ0v) is 26.0. The van der Waals surface area contributed by atoms with Crippen LogP contribution >= 0.6 is 11.8 Å². The van der Waals surface area contributed by atoms with Crippen molar-refractivity contribution in [1.82, 2.24) is 20.2 Å². The van der Waals surface area contributed by atoms with Crippen LogP contribution in [0.2, 0.25) is 0 Å². The fraction of sp³-hybridized carbons (Fsp3) is 0.786. The number of alkyl carbamates (subject to hydrolysis) is 1. The molecule has 0 spiro atoms. The van der Waals surface area contributed by atoms with Crippen LogP contribution in [0.25, 0.3) is 0 Å². The van der Waals surface area contributed by atoms with Crippen LogP contribution in [-0.2, 0) is 18.8 Å². The number of ether oxygens (including phenoxy) is 1. The minimum Gasteiger partial charge on any atom is -0.444 e. The van der Waals surface area contributed by atoms with Crippen molar-refractivity contribution in [3.63, 3.8) is 0 Å². The van der Waals surface area contributed by atoms with Crippen LogP contribution in [0.4, 0.5) is 4.79 Å². The smallest absolute Gasteiger partial charge is 0.444 e. The Morgan fingerprint density at radius 1 is 1.18 bits per heavy atom. The van der Waals surface area contributed by atoms with E-state index in [0.717, 1.165) is 55.1 Å². The van der Waals surface area contributed by atoms with E-state index < -0.39 is 36.1 Å². The van der Waals surface area contributed by atoms with Gasteiger partial charge in [0.25, 0.3) is 0 Å². The van der Waals surface area contributed by atoms with Crippen molar-refractivity contribution >= 4 is 36.3 Å². The number of amides is 2. The van der Waals surface area contributed by atoms with E-state index in [0.29, 0.717) is 5.92 Å². The summed E-state index contributed by atoms with van der Waals surface area (Å²) in [5, 5.41) is 3.54. The number of aromatic nitrogens is 2. The van der Waals surface area contributed by atoms with Crippen LogP contribution in [0.15, 0.2) is 17.6 Å². The van der Waals surface area contributed by atoms with Gasteiger partial charge in [-0.1, -0.05) is 25.6 Å². The van der Waals surface area contributed by atoms with Crippen molar-refractivity contribution in [2.75, 3.05) is 18.8 Å². The summed E-state index contributed by atoms with van der Waals surface area (Å²) in [7, 11) is -0.458. The number of carbonyl (C=O) groups excluding carboxylic acids is 2. The molecule has 0 aromatic carbocycles. The first-order valence-corrected chi connectivity index (χ1v) is 15.2. The molecule has 0 bridgehead atoms. The summed E-state index contributed by atoms with van der Waals surface area (Å²) in [4.78, 5) is 36.6. The molecule has 3 rings (SSSR count). The number of hydrogen-bond acceptors (Lipinski definition) is 8. The van der Waals surface area contributed by atoms with Gasteiger partial charge in [-0.05, 0) is 86.0 Å². The van der Waals surface area contributed by atoms with E-state index in [4.69, 9.17) is 14.0 Å². The second kappa shape index (κ2) is 12.8. The molecule has 0 unspecified atom stereocenters. The molecule has 1 aromatic heterocycles. The highest BCUT2D eigenvalue weighted by Crippen LogP contribution is 2.36. The molecule has 3 heterocycles. The quantitative estimate of drug-likeness (QED) is 0.204. The lowest BCUT2D eigenvalue weighted by Gasteiger charge is -2.36. The first-order valence-electron chi connectivity index (χ1n) is 14.2. The van der Waals surface area contributed by atoms with Crippen molar-refractivity contribution < 1.29 is 23.6 Å². The van der Waals surface area contributed by atoms with E-state index in [-0.39, 0.29) is 11.8 Å². The lowest BCUT2D eigenvalue weighted by Crippen LogP contribution is -2.54. The molecule has 2 aliphatic heterocycles. The molecule has 2 aliphatic rings. The molecule has 1 aromatic rings. The van der Waals surface area contributed by atoms with Gasteiger partial charge in [-0.15, -0.1) is 0 Å². The van der Waals surface area contributed by atoms with Crippen LogP contribution in [0.1, 0.15) is 88.0 Å². The Morgan fingerprint density at radius 2 is 1.79 bits per heavy atom. The molecular formula is C28H47BN4O5S. The molecule has 2 fully saturated rings. The summed E-state index contributed by atoms with van der Waals surface area (Å²) in [5.41, 5.74) is -0.571.